The second-order valence-corrected chi connectivity index (χ2v) is 9.65. The maximum absolute atomic E-state index is 12.8. The molecule has 0 spiro atoms. The number of hydrogen-bond acceptors (Lipinski definition) is 6. The Hall–Kier alpha value is -3.36. The summed E-state index contributed by atoms with van der Waals surface area (Å²) in [5.74, 6) is -0.640. The first-order valence-electron chi connectivity index (χ1n) is 9.60. The summed E-state index contributed by atoms with van der Waals surface area (Å²) >= 11 is 2.14. The van der Waals surface area contributed by atoms with E-state index in [2.05, 4.69) is 27.9 Å². The van der Waals surface area contributed by atoms with E-state index in [0.717, 1.165) is 9.13 Å². The van der Waals surface area contributed by atoms with Crippen LogP contribution in [0.4, 0.5) is 5.69 Å². The molecule has 0 aliphatic rings. The Balaban J connectivity index is 1.98. The van der Waals surface area contributed by atoms with Crippen LogP contribution in [0.2, 0.25) is 0 Å². The lowest BCUT2D eigenvalue weighted by atomic mass is 10.1. The summed E-state index contributed by atoms with van der Waals surface area (Å²) in [6.07, 6.45) is 1.25. The number of nitrogens with zero attached hydrogens (tertiary/aromatic N) is 1. The van der Waals surface area contributed by atoms with Crippen molar-refractivity contribution in [3.8, 4) is 17.6 Å². The number of methoxy groups -OCH3 is 1. The van der Waals surface area contributed by atoms with Crippen LogP contribution >= 0.6 is 22.6 Å². The van der Waals surface area contributed by atoms with Gasteiger partial charge in [-0.15, -0.1) is 0 Å². The molecule has 1 N–H and O–H groups in total. The third kappa shape index (κ3) is 6.12. The number of aryl methyl sites for hydroxylation is 1. The maximum Gasteiger partial charge on any atom is 0.339 e. The van der Waals surface area contributed by atoms with Gasteiger partial charge >= 0.3 is 10.1 Å². The monoisotopic (exact) mass is 574 g/mol. The number of benzene rings is 3. The first-order chi connectivity index (χ1) is 15.7. The van der Waals surface area contributed by atoms with Gasteiger partial charge in [0.15, 0.2) is 11.5 Å². The lowest BCUT2D eigenvalue weighted by molar-refractivity contribution is -0.112. The fourth-order valence-electron chi connectivity index (χ4n) is 2.79. The molecule has 7 nitrogen and oxygen atoms in total. The van der Waals surface area contributed by atoms with Crippen molar-refractivity contribution in [2.45, 2.75) is 11.8 Å². The molecule has 0 saturated carbocycles. The molecule has 0 atom stereocenters. The predicted octanol–water partition coefficient (Wildman–Crippen LogP) is 4.92. The number of ether oxygens (including phenoxy) is 1. The molecule has 0 radical (unpaired) electrons. The number of halogens is 1. The van der Waals surface area contributed by atoms with Crippen molar-refractivity contribution in [1.29, 1.82) is 5.26 Å². The van der Waals surface area contributed by atoms with Crippen LogP contribution in [0.3, 0.4) is 0 Å². The van der Waals surface area contributed by atoms with E-state index in [1.54, 1.807) is 30.3 Å². The molecule has 33 heavy (non-hydrogen) atoms. The molecule has 0 heterocycles. The van der Waals surface area contributed by atoms with Crippen LogP contribution in [0.1, 0.15) is 11.1 Å². The molecule has 168 valence electrons. The molecule has 1 amide bonds. The van der Waals surface area contributed by atoms with E-state index in [1.165, 1.54) is 37.5 Å². The summed E-state index contributed by atoms with van der Waals surface area (Å²) in [5, 5.41) is 12.2. The number of amides is 1. The largest absolute Gasteiger partial charge is 0.493 e. The van der Waals surface area contributed by atoms with E-state index in [0.29, 0.717) is 5.69 Å². The lowest BCUT2D eigenvalue weighted by Crippen LogP contribution is -2.14. The highest BCUT2D eigenvalue weighted by Gasteiger charge is 2.22. The van der Waals surface area contributed by atoms with Gasteiger partial charge < -0.3 is 14.2 Å². The summed E-state index contributed by atoms with van der Waals surface area (Å²) in [7, 11) is -2.83. The number of carbonyl (C=O) groups excluding carboxylic acids is 1. The molecule has 0 aromatic heterocycles. The van der Waals surface area contributed by atoms with E-state index in [4.69, 9.17) is 8.92 Å². The van der Waals surface area contributed by atoms with Gasteiger partial charge in [-0.3, -0.25) is 4.79 Å². The van der Waals surface area contributed by atoms with E-state index in [-0.39, 0.29) is 27.5 Å². The summed E-state index contributed by atoms with van der Waals surface area (Å²) in [6, 6.07) is 19.7. The Kier molecular flexibility index (Phi) is 7.73. The van der Waals surface area contributed by atoms with Gasteiger partial charge in [0, 0.05) is 14.8 Å². The molecule has 3 aromatic carbocycles. The number of carbonyl (C=O) groups is 1. The van der Waals surface area contributed by atoms with Crippen LogP contribution in [0.25, 0.3) is 6.08 Å². The Bertz CT molecular complexity index is 1340. The van der Waals surface area contributed by atoms with Crippen molar-refractivity contribution in [2.24, 2.45) is 0 Å². The van der Waals surface area contributed by atoms with Crippen LogP contribution in [0.15, 0.2) is 77.2 Å². The van der Waals surface area contributed by atoms with Crippen LogP contribution < -0.4 is 14.2 Å². The maximum atomic E-state index is 12.8. The number of anilines is 1. The summed E-state index contributed by atoms with van der Waals surface area (Å²) in [4.78, 5) is 12.6. The highest BCUT2D eigenvalue weighted by atomic mass is 127. The summed E-state index contributed by atoms with van der Waals surface area (Å²) < 4.78 is 37.4. The molecule has 3 rings (SSSR count). The fourth-order valence-corrected chi connectivity index (χ4v) is 4.12. The molecule has 0 aliphatic heterocycles. The highest BCUT2D eigenvalue weighted by molar-refractivity contribution is 14.1. The SMILES string of the molecule is COc1cccc(/C=C(\C#N)C(=O)Nc2ccc(I)cc2)c1OS(=O)(=O)c1ccc(C)cc1. The second kappa shape index (κ2) is 10.5. The molecule has 0 aliphatic carbocycles. The smallest absolute Gasteiger partial charge is 0.339 e. The third-order valence-corrected chi connectivity index (χ3v) is 6.45. The van der Waals surface area contributed by atoms with Gasteiger partial charge in [-0.2, -0.15) is 13.7 Å². The Morgan fingerprint density at radius 1 is 1.06 bits per heavy atom. The lowest BCUT2D eigenvalue weighted by Gasteiger charge is -2.14. The molecule has 0 saturated heterocycles. The predicted molar refractivity (Wildman–Crippen MR) is 133 cm³/mol. The minimum absolute atomic E-state index is 0.0362. The molecule has 9 heteroatoms. The molecule has 0 fully saturated rings. The second-order valence-electron chi connectivity index (χ2n) is 6.86. The molecule has 3 aromatic rings. The Morgan fingerprint density at radius 3 is 2.33 bits per heavy atom. The molecular weight excluding hydrogens is 555 g/mol. The summed E-state index contributed by atoms with van der Waals surface area (Å²) in [5.41, 5.74) is 1.37. The van der Waals surface area contributed by atoms with Crippen molar-refractivity contribution in [3.63, 3.8) is 0 Å². The van der Waals surface area contributed by atoms with Crippen molar-refractivity contribution < 1.29 is 22.1 Å². The molecule has 0 unspecified atom stereocenters. The zero-order valence-corrected chi connectivity index (χ0v) is 20.7. The van der Waals surface area contributed by atoms with Crippen LogP contribution in [-0.2, 0) is 14.9 Å². The minimum Gasteiger partial charge on any atom is -0.493 e. The summed E-state index contributed by atoms with van der Waals surface area (Å²) in [6.45, 7) is 1.84. The topological polar surface area (TPSA) is 105 Å². The van der Waals surface area contributed by atoms with E-state index < -0.39 is 16.0 Å². The third-order valence-electron chi connectivity index (χ3n) is 4.50. The van der Waals surface area contributed by atoms with Gasteiger partial charge in [0.25, 0.3) is 5.91 Å². The molecular formula is C24H19IN2O5S. The zero-order valence-electron chi connectivity index (χ0n) is 17.7. The fraction of sp³-hybridized carbons (Fsp3) is 0.0833. The quantitative estimate of drug-likeness (QED) is 0.186. The number of para-hydroxylation sites is 1. The van der Waals surface area contributed by atoms with Crippen LogP contribution in [-0.4, -0.2) is 21.4 Å². The Labute approximate surface area is 205 Å². The number of hydrogen-bond donors (Lipinski definition) is 1. The van der Waals surface area contributed by atoms with Crippen LogP contribution in [0, 0.1) is 21.8 Å². The van der Waals surface area contributed by atoms with Crippen molar-refractivity contribution >= 4 is 50.4 Å². The van der Waals surface area contributed by atoms with Gasteiger partial charge in [-0.1, -0.05) is 29.8 Å². The van der Waals surface area contributed by atoms with E-state index in [1.807, 2.05) is 25.1 Å². The first-order valence-corrected chi connectivity index (χ1v) is 12.1. The van der Waals surface area contributed by atoms with Crippen molar-refractivity contribution in [3.05, 3.63) is 87.0 Å². The average Bonchev–Trinajstić information content (AvgIpc) is 2.79. The van der Waals surface area contributed by atoms with Crippen LogP contribution in [0.5, 0.6) is 11.5 Å². The standard InChI is InChI=1S/C24H19IN2O5S/c1-16-6-12-21(13-7-16)33(29,30)32-23-17(4-3-5-22(23)31-2)14-18(15-26)24(28)27-20-10-8-19(25)9-11-20/h3-14H,1-2H3,(H,27,28)/b18-14+. The van der Waals surface area contributed by atoms with Gasteiger partial charge in [0.2, 0.25) is 0 Å². The van der Waals surface area contributed by atoms with E-state index in [9.17, 15) is 18.5 Å². The number of rotatable bonds is 7. The number of nitriles is 1. The first kappa shape index (κ1) is 24.3. The average molecular weight is 574 g/mol. The van der Waals surface area contributed by atoms with Crippen molar-refractivity contribution in [2.75, 3.05) is 12.4 Å². The van der Waals surface area contributed by atoms with Gasteiger partial charge in [-0.25, -0.2) is 0 Å². The normalized spacial score (nSPS) is 11.4. The zero-order chi connectivity index (χ0) is 24.0. The Morgan fingerprint density at radius 2 is 1.73 bits per heavy atom. The van der Waals surface area contributed by atoms with Gasteiger partial charge in [-0.05, 0) is 78.1 Å². The number of nitrogens with one attached hydrogen (secondary N) is 1. The van der Waals surface area contributed by atoms with Gasteiger partial charge in [0.1, 0.15) is 16.5 Å². The highest BCUT2D eigenvalue weighted by Crippen LogP contribution is 2.35. The minimum atomic E-state index is -4.19. The van der Waals surface area contributed by atoms with E-state index >= 15 is 0 Å². The van der Waals surface area contributed by atoms with Gasteiger partial charge in [0.05, 0.1) is 7.11 Å². The van der Waals surface area contributed by atoms with Crippen molar-refractivity contribution in [1.82, 2.24) is 0 Å². The molecule has 0 bridgehead atoms.